The van der Waals surface area contributed by atoms with Gasteiger partial charge < -0.3 is 5.32 Å². The van der Waals surface area contributed by atoms with E-state index in [9.17, 15) is 9.59 Å². The van der Waals surface area contributed by atoms with Gasteiger partial charge >= 0.3 is 6.03 Å². The van der Waals surface area contributed by atoms with Crippen LogP contribution in [0.1, 0.15) is 17.9 Å². The van der Waals surface area contributed by atoms with E-state index in [-0.39, 0.29) is 23.9 Å². The summed E-state index contributed by atoms with van der Waals surface area (Å²) < 4.78 is 0. The predicted molar refractivity (Wildman–Crippen MR) is 57.8 cm³/mol. The topological polar surface area (TPSA) is 58.2 Å². The number of nitrogens with one attached hydrogen (secondary N) is 2. The molecular formula is C12H12N2O2. The van der Waals surface area contributed by atoms with Gasteiger partial charge in [0.05, 0.1) is 0 Å². The van der Waals surface area contributed by atoms with Crippen molar-refractivity contribution in [3.63, 3.8) is 0 Å². The maximum Gasteiger partial charge on any atom is 0.322 e. The molecule has 0 spiro atoms. The van der Waals surface area contributed by atoms with Gasteiger partial charge in [-0.1, -0.05) is 30.3 Å². The van der Waals surface area contributed by atoms with Gasteiger partial charge in [-0.15, -0.1) is 0 Å². The molecule has 0 radical (unpaired) electrons. The molecule has 3 amide bonds. The molecule has 4 heteroatoms. The van der Waals surface area contributed by atoms with E-state index in [0.717, 1.165) is 6.42 Å². The Balaban J connectivity index is 1.73. The van der Waals surface area contributed by atoms with Crippen LogP contribution < -0.4 is 10.6 Å². The second-order valence-corrected chi connectivity index (χ2v) is 4.36. The van der Waals surface area contributed by atoms with Crippen LogP contribution in [0, 0.1) is 5.92 Å². The van der Waals surface area contributed by atoms with Crippen molar-refractivity contribution in [2.75, 3.05) is 0 Å². The van der Waals surface area contributed by atoms with Crippen LogP contribution in [0.15, 0.2) is 30.3 Å². The molecule has 1 aromatic rings. The van der Waals surface area contributed by atoms with Crippen molar-refractivity contribution in [2.24, 2.45) is 5.92 Å². The lowest BCUT2D eigenvalue weighted by Gasteiger charge is -2.05. The van der Waals surface area contributed by atoms with Crippen LogP contribution >= 0.6 is 0 Å². The summed E-state index contributed by atoms with van der Waals surface area (Å²) >= 11 is 0. The lowest BCUT2D eigenvalue weighted by molar-refractivity contribution is -0.120. The van der Waals surface area contributed by atoms with E-state index in [0.29, 0.717) is 5.92 Å². The first-order valence-corrected chi connectivity index (χ1v) is 5.42. The average molecular weight is 216 g/mol. The zero-order valence-electron chi connectivity index (χ0n) is 8.64. The third kappa shape index (κ3) is 1.46. The van der Waals surface area contributed by atoms with Crippen molar-refractivity contribution in [1.82, 2.24) is 10.6 Å². The number of carbonyl (C=O) groups is 2. The van der Waals surface area contributed by atoms with Crippen molar-refractivity contribution in [2.45, 2.75) is 18.4 Å². The van der Waals surface area contributed by atoms with Gasteiger partial charge in [-0.2, -0.15) is 0 Å². The standard InChI is InChI=1S/C12H12N2O2/c15-11-10(13-12(16)14-11)9-6-8(9)7-4-2-1-3-5-7/h1-5,8-10H,6H2,(H2,13,14,15,16)/t8-,9+,10+/m1/s1. The second-order valence-electron chi connectivity index (χ2n) is 4.36. The Morgan fingerprint density at radius 1 is 1.12 bits per heavy atom. The molecule has 1 heterocycles. The summed E-state index contributed by atoms with van der Waals surface area (Å²) in [6.07, 6.45) is 0.975. The van der Waals surface area contributed by atoms with E-state index < -0.39 is 0 Å². The minimum absolute atomic E-state index is 0.187. The van der Waals surface area contributed by atoms with Crippen molar-refractivity contribution >= 4 is 11.9 Å². The molecule has 2 fully saturated rings. The molecule has 82 valence electrons. The van der Waals surface area contributed by atoms with Gasteiger partial charge in [0.1, 0.15) is 6.04 Å². The molecule has 16 heavy (non-hydrogen) atoms. The molecule has 2 N–H and O–H groups in total. The minimum Gasteiger partial charge on any atom is -0.326 e. The van der Waals surface area contributed by atoms with Crippen LogP contribution in [0.25, 0.3) is 0 Å². The van der Waals surface area contributed by atoms with Gasteiger partial charge in [-0.3, -0.25) is 10.1 Å². The Morgan fingerprint density at radius 3 is 2.50 bits per heavy atom. The number of benzene rings is 1. The largest absolute Gasteiger partial charge is 0.326 e. The number of amides is 3. The molecule has 3 rings (SSSR count). The van der Waals surface area contributed by atoms with Crippen LogP contribution in [0.4, 0.5) is 4.79 Å². The predicted octanol–water partition coefficient (Wildman–Crippen LogP) is 0.998. The van der Waals surface area contributed by atoms with Gasteiger partial charge in [0.15, 0.2) is 0 Å². The van der Waals surface area contributed by atoms with Gasteiger partial charge in [-0.05, 0) is 23.8 Å². The average Bonchev–Trinajstić information content (AvgIpc) is 3.00. The highest BCUT2D eigenvalue weighted by Gasteiger charge is 2.49. The smallest absolute Gasteiger partial charge is 0.322 e. The summed E-state index contributed by atoms with van der Waals surface area (Å²) in [5.74, 6) is 0.484. The maximum atomic E-state index is 11.4. The second kappa shape index (κ2) is 3.33. The van der Waals surface area contributed by atoms with Gasteiger partial charge in [0, 0.05) is 0 Å². The summed E-state index contributed by atoms with van der Waals surface area (Å²) in [6, 6.07) is 9.41. The van der Waals surface area contributed by atoms with E-state index in [2.05, 4.69) is 22.8 Å². The van der Waals surface area contributed by atoms with Crippen molar-refractivity contribution < 1.29 is 9.59 Å². The van der Waals surface area contributed by atoms with E-state index in [4.69, 9.17) is 0 Å². The molecule has 3 atom stereocenters. The number of carbonyl (C=O) groups excluding carboxylic acids is 2. The quantitative estimate of drug-likeness (QED) is 0.724. The molecule has 0 bridgehead atoms. The highest BCUT2D eigenvalue weighted by Crippen LogP contribution is 2.49. The molecule has 1 aliphatic carbocycles. The zero-order chi connectivity index (χ0) is 11.1. The van der Waals surface area contributed by atoms with Crippen LogP contribution in [0.3, 0.4) is 0 Å². The Kier molecular flexibility index (Phi) is 1.96. The molecule has 1 saturated carbocycles. The van der Waals surface area contributed by atoms with E-state index in [1.54, 1.807) is 0 Å². The van der Waals surface area contributed by atoms with Crippen LogP contribution in [-0.2, 0) is 4.79 Å². The van der Waals surface area contributed by atoms with Crippen molar-refractivity contribution in [3.05, 3.63) is 35.9 Å². The number of rotatable bonds is 2. The molecule has 1 saturated heterocycles. The van der Waals surface area contributed by atoms with Crippen LogP contribution in [-0.4, -0.2) is 18.0 Å². The highest BCUT2D eigenvalue weighted by molar-refractivity contribution is 6.04. The van der Waals surface area contributed by atoms with Gasteiger partial charge in [-0.25, -0.2) is 4.79 Å². The fourth-order valence-electron chi connectivity index (χ4n) is 2.40. The van der Waals surface area contributed by atoms with Crippen molar-refractivity contribution in [1.29, 1.82) is 0 Å². The first-order valence-electron chi connectivity index (χ1n) is 5.42. The molecule has 1 aliphatic heterocycles. The first kappa shape index (κ1) is 9.39. The summed E-state index contributed by atoms with van der Waals surface area (Å²) in [5, 5.41) is 4.94. The highest BCUT2D eigenvalue weighted by atomic mass is 16.2. The Hall–Kier alpha value is -1.84. The third-order valence-corrected chi connectivity index (χ3v) is 3.30. The molecule has 0 unspecified atom stereocenters. The number of imide groups is 1. The fourth-order valence-corrected chi connectivity index (χ4v) is 2.40. The molecule has 1 aromatic carbocycles. The van der Waals surface area contributed by atoms with E-state index in [1.165, 1.54) is 5.56 Å². The Bertz CT molecular complexity index is 444. The SMILES string of the molecule is O=C1NC(=O)[C@H]([C@H]2C[C@@H]2c2ccccc2)N1. The Labute approximate surface area is 93.0 Å². The fraction of sp³-hybridized carbons (Fsp3) is 0.333. The maximum absolute atomic E-state index is 11.4. The lowest BCUT2D eigenvalue weighted by Crippen LogP contribution is -2.31. The monoisotopic (exact) mass is 216 g/mol. The van der Waals surface area contributed by atoms with Crippen LogP contribution in [0.2, 0.25) is 0 Å². The molecule has 0 aromatic heterocycles. The Morgan fingerprint density at radius 2 is 1.88 bits per heavy atom. The normalized spacial score (nSPS) is 32.1. The van der Waals surface area contributed by atoms with E-state index >= 15 is 0 Å². The number of urea groups is 1. The number of hydrogen-bond acceptors (Lipinski definition) is 2. The van der Waals surface area contributed by atoms with Crippen molar-refractivity contribution in [3.8, 4) is 0 Å². The number of hydrogen-bond donors (Lipinski definition) is 2. The summed E-state index contributed by atoms with van der Waals surface area (Å²) in [7, 11) is 0. The molecule has 2 aliphatic rings. The summed E-state index contributed by atoms with van der Waals surface area (Å²) in [6.45, 7) is 0. The summed E-state index contributed by atoms with van der Waals surface area (Å²) in [4.78, 5) is 22.4. The first-order chi connectivity index (χ1) is 7.75. The molecule has 4 nitrogen and oxygen atoms in total. The summed E-state index contributed by atoms with van der Waals surface area (Å²) in [5.41, 5.74) is 1.25. The third-order valence-electron chi connectivity index (χ3n) is 3.30. The minimum atomic E-state index is -0.367. The van der Waals surface area contributed by atoms with Gasteiger partial charge in [0.2, 0.25) is 0 Å². The zero-order valence-corrected chi connectivity index (χ0v) is 8.64. The lowest BCUT2D eigenvalue weighted by atomic mass is 10.1. The van der Waals surface area contributed by atoms with E-state index in [1.807, 2.05) is 18.2 Å². The van der Waals surface area contributed by atoms with Crippen LogP contribution in [0.5, 0.6) is 0 Å². The molecular weight excluding hydrogens is 204 g/mol. The van der Waals surface area contributed by atoms with Gasteiger partial charge in [0.25, 0.3) is 5.91 Å².